The average Bonchev–Trinajstić information content (AvgIpc) is 2.52. The monoisotopic (exact) mass is 320 g/mol. The third kappa shape index (κ3) is 1.55. The van der Waals surface area contributed by atoms with Crippen molar-refractivity contribution in [2.75, 3.05) is 6.61 Å². The van der Waals surface area contributed by atoms with Crippen LogP contribution in [0.25, 0.3) is 10.9 Å². The van der Waals surface area contributed by atoms with E-state index in [1.165, 1.54) is 6.20 Å². The first-order chi connectivity index (χ1) is 11.0. The lowest BCUT2D eigenvalue weighted by Crippen LogP contribution is -2.48. The number of ether oxygens (including phenoxy) is 1. The topological polar surface area (TPSA) is 77.7 Å². The highest BCUT2D eigenvalue weighted by molar-refractivity contribution is 5.98. The standard InChI is InChI=1S/C15H10F2N2O4/c16-9-10(17)14-12-8(11(9)18-22)13(21)7(5-20)4-19(12)15(6-23-14)2-1-3-15/h4-5H,1-3,6H2. The van der Waals surface area contributed by atoms with Crippen LogP contribution in [0.2, 0.25) is 0 Å². The number of hydrogen-bond donors (Lipinski definition) is 0. The zero-order valence-electron chi connectivity index (χ0n) is 11.8. The molecule has 1 aromatic heterocycles. The number of hydrogen-bond acceptors (Lipinski definition) is 5. The van der Waals surface area contributed by atoms with E-state index in [-0.39, 0.29) is 17.7 Å². The summed E-state index contributed by atoms with van der Waals surface area (Å²) in [6, 6.07) is 0. The molecule has 4 rings (SSSR count). The van der Waals surface area contributed by atoms with Gasteiger partial charge in [-0.3, -0.25) is 9.59 Å². The van der Waals surface area contributed by atoms with Crippen molar-refractivity contribution < 1.29 is 18.3 Å². The van der Waals surface area contributed by atoms with E-state index in [0.717, 1.165) is 6.42 Å². The van der Waals surface area contributed by atoms with Crippen molar-refractivity contribution in [3.8, 4) is 5.75 Å². The number of benzene rings is 1. The highest BCUT2D eigenvalue weighted by atomic mass is 19.2. The lowest BCUT2D eigenvalue weighted by Gasteiger charge is -2.47. The molecule has 0 N–H and O–H groups in total. The lowest BCUT2D eigenvalue weighted by molar-refractivity contribution is 0.0567. The normalized spacial score (nSPS) is 17.7. The van der Waals surface area contributed by atoms with Crippen LogP contribution in [0, 0.1) is 16.5 Å². The van der Waals surface area contributed by atoms with Crippen LogP contribution in [0.1, 0.15) is 29.6 Å². The molecule has 1 aromatic carbocycles. The van der Waals surface area contributed by atoms with Crippen LogP contribution in [-0.2, 0) is 5.54 Å². The molecule has 0 saturated heterocycles. The minimum atomic E-state index is -1.54. The molecule has 6 nitrogen and oxygen atoms in total. The van der Waals surface area contributed by atoms with Gasteiger partial charge in [0, 0.05) is 6.20 Å². The zero-order chi connectivity index (χ0) is 16.4. The first kappa shape index (κ1) is 14.0. The number of carbonyl (C=O) groups excluding carboxylic acids is 1. The molecule has 1 saturated carbocycles. The third-order valence-corrected chi connectivity index (χ3v) is 4.79. The molecule has 0 bridgehead atoms. The van der Waals surface area contributed by atoms with Gasteiger partial charge in [-0.05, 0) is 24.4 Å². The number of nitrogens with zero attached hydrogens (tertiary/aromatic N) is 2. The third-order valence-electron chi connectivity index (χ3n) is 4.79. The molecule has 8 heteroatoms. The van der Waals surface area contributed by atoms with E-state index in [0.29, 0.717) is 19.1 Å². The number of fused-ring (bicyclic) bond motifs is 1. The zero-order valence-corrected chi connectivity index (χ0v) is 11.8. The molecule has 118 valence electrons. The van der Waals surface area contributed by atoms with Gasteiger partial charge >= 0.3 is 0 Å². The molecule has 2 aromatic rings. The van der Waals surface area contributed by atoms with Crippen molar-refractivity contribution in [1.82, 2.24) is 4.57 Å². The van der Waals surface area contributed by atoms with Gasteiger partial charge in [0.05, 0.1) is 16.5 Å². The fraction of sp³-hybridized carbons (Fsp3) is 0.333. The van der Waals surface area contributed by atoms with Gasteiger partial charge in [-0.15, -0.1) is 4.91 Å². The van der Waals surface area contributed by atoms with Gasteiger partial charge in [-0.25, -0.2) is 4.39 Å². The highest BCUT2D eigenvalue weighted by Gasteiger charge is 2.45. The Hall–Kier alpha value is -2.64. The van der Waals surface area contributed by atoms with Gasteiger partial charge in [0.25, 0.3) is 0 Å². The van der Waals surface area contributed by atoms with E-state index in [4.69, 9.17) is 4.74 Å². The maximum absolute atomic E-state index is 14.2. The SMILES string of the molecule is O=Cc1cn2c3c(c(F)c(F)c(N=O)c3c1=O)OCC21CCC1. The minimum Gasteiger partial charge on any atom is -0.486 e. The summed E-state index contributed by atoms with van der Waals surface area (Å²) in [6.45, 7) is 0.112. The van der Waals surface area contributed by atoms with E-state index in [2.05, 4.69) is 5.18 Å². The van der Waals surface area contributed by atoms with Crippen LogP contribution in [0.15, 0.2) is 16.2 Å². The Morgan fingerprint density at radius 3 is 2.61 bits per heavy atom. The summed E-state index contributed by atoms with van der Waals surface area (Å²) in [5.74, 6) is -3.32. The number of aldehydes is 1. The summed E-state index contributed by atoms with van der Waals surface area (Å²) >= 11 is 0. The summed E-state index contributed by atoms with van der Waals surface area (Å²) in [6.07, 6.45) is 4.00. The Balaban J connectivity index is 2.29. The van der Waals surface area contributed by atoms with Crippen LogP contribution in [0.3, 0.4) is 0 Å². The first-order valence-electron chi connectivity index (χ1n) is 7.06. The first-order valence-corrected chi connectivity index (χ1v) is 7.06. The molecule has 1 spiro atoms. The van der Waals surface area contributed by atoms with Crippen molar-refractivity contribution in [2.24, 2.45) is 5.18 Å². The Morgan fingerprint density at radius 2 is 2.04 bits per heavy atom. The molecule has 1 aliphatic heterocycles. The Labute approximate surface area is 127 Å². The Bertz CT molecular complexity index is 947. The molecule has 0 atom stereocenters. The van der Waals surface area contributed by atoms with E-state index < -0.39 is 39.4 Å². The molecule has 2 heterocycles. The summed E-state index contributed by atoms with van der Waals surface area (Å²) in [4.78, 5) is 34.6. The van der Waals surface area contributed by atoms with Crippen LogP contribution < -0.4 is 10.2 Å². The van der Waals surface area contributed by atoms with E-state index in [1.807, 2.05) is 0 Å². The number of rotatable bonds is 2. The summed E-state index contributed by atoms with van der Waals surface area (Å²) < 4.78 is 35.2. The van der Waals surface area contributed by atoms with Gasteiger partial charge in [-0.1, -0.05) is 0 Å². The lowest BCUT2D eigenvalue weighted by atomic mass is 9.76. The van der Waals surface area contributed by atoms with Crippen LogP contribution in [0.4, 0.5) is 14.5 Å². The minimum absolute atomic E-state index is 0.0138. The predicted molar refractivity (Wildman–Crippen MR) is 76.3 cm³/mol. The largest absolute Gasteiger partial charge is 0.486 e. The van der Waals surface area contributed by atoms with E-state index in [1.54, 1.807) is 4.57 Å². The van der Waals surface area contributed by atoms with Crippen molar-refractivity contribution in [3.05, 3.63) is 38.5 Å². The number of nitroso groups, excluding NO2 is 1. The van der Waals surface area contributed by atoms with Crippen molar-refractivity contribution >= 4 is 22.9 Å². The molecular formula is C15H10F2N2O4. The van der Waals surface area contributed by atoms with Gasteiger partial charge in [0.15, 0.2) is 23.5 Å². The van der Waals surface area contributed by atoms with Crippen molar-refractivity contribution in [1.29, 1.82) is 0 Å². The summed E-state index contributed by atoms with van der Waals surface area (Å²) in [5, 5.41) is 2.07. The average molecular weight is 320 g/mol. The number of aromatic nitrogens is 1. The van der Waals surface area contributed by atoms with Crippen molar-refractivity contribution in [2.45, 2.75) is 24.8 Å². The summed E-state index contributed by atoms with van der Waals surface area (Å²) in [7, 11) is 0. The molecule has 0 amide bonds. The maximum atomic E-state index is 14.2. The fourth-order valence-corrected chi connectivity index (χ4v) is 3.42. The Morgan fingerprint density at radius 1 is 1.30 bits per heavy atom. The summed E-state index contributed by atoms with van der Waals surface area (Å²) in [5.41, 5.74) is -2.54. The van der Waals surface area contributed by atoms with Gasteiger partial charge in [0.1, 0.15) is 12.1 Å². The van der Waals surface area contributed by atoms with Gasteiger partial charge in [0.2, 0.25) is 11.2 Å². The Kier molecular flexibility index (Phi) is 2.70. The fourth-order valence-electron chi connectivity index (χ4n) is 3.42. The maximum Gasteiger partial charge on any atom is 0.205 e. The van der Waals surface area contributed by atoms with Crippen LogP contribution >= 0.6 is 0 Å². The quantitative estimate of drug-likeness (QED) is 0.629. The molecule has 23 heavy (non-hydrogen) atoms. The van der Waals surface area contributed by atoms with E-state index in [9.17, 15) is 23.3 Å². The molecule has 2 aliphatic rings. The van der Waals surface area contributed by atoms with Crippen LogP contribution in [-0.4, -0.2) is 17.5 Å². The van der Waals surface area contributed by atoms with Gasteiger partial charge < -0.3 is 9.30 Å². The molecule has 1 fully saturated rings. The number of pyridine rings is 1. The second-order valence-corrected chi connectivity index (χ2v) is 5.89. The second-order valence-electron chi connectivity index (χ2n) is 5.89. The number of halogens is 2. The van der Waals surface area contributed by atoms with Crippen LogP contribution in [0.5, 0.6) is 5.75 Å². The second kappa shape index (κ2) is 4.43. The number of carbonyl (C=O) groups is 1. The predicted octanol–water partition coefficient (Wildman–Crippen LogP) is 2.76. The van der Waals surface area contributed by atoms with Gasteiger partial charge in [-0.2, -0.15) is 4.39 Å². The smallest absolute Gasteiger partial charge is 0.205 e. The molecule has 0 unspecified atom stereocenters. The van der Waals surface area contributed by atoms with Crippen molar-refractivity contribution in [3.63, 3.8) is 0 Å². The highest BCUT2D eigenvalue weighted by Crippen LogP contribution is 2.48. The van der Waals surface area contributed by atoms with E-state index >= 15 is 0 Å². The molecule has 1 aliphatic carbocycles. The molecular weight excluding hydrogens is 310 g/mol. The molecule has 0 radical (unpaired) electrons.